The number of nitrogen functional groups attached to an aromatic ring is 1. The van der Waals surface area contributed by atoms with Crippen LogP contribution in [0.4, 0.5) is 5.69 Å². The Morgan fingerprint density at radius 1 is 1.42 bits per heavy atom. The van der Waals surface area contributed by atoms with Crippen LogP contribution in [-0.4, -0.2) is 25.8 Å². The van der Waals surface area contributed by atoms with Gasteiger partial charge in [0, 0.05) is 18.8 Å². The number of nitrogens with zero attached hydrogens (tertiary/aromatic N) is 2. The molecule has 0 fully saturated rings. The maximum Gasteiger partial charge on any atom is 0.243 e. The largest absolute Gasteiger partial charge is 0.324 e. The highest BCUT2D eigenvalue weighted by atomic mass is 32.2. The van der Waals surface area contributed by atoms with E-state index in [1.807, 2.05) is 6.07 Å². The highest BCUT2D eigenvalue weighted by molar-refractivity contribution is 7.89. The molecule has 1 rings (SSSR count). The normalized spacial score (nSPS) is 13.0. The second-order valence-corrected chi connectivity index (χ2v) is 6.09. The van der Waals surface area contributed by atoms with Gasteiger partial charge in [0.2, 0.25) is 10.0 Å². The highest BCUT2D eigenvalue weighted by Crippen LogP contribution is 2.18. The van der Waals surface area contributed by atoms with E-state index in [0.29, 0.717) is 12.2 Å². The molecule has 1 aromatic rings. The molecule has 0 aliphatic heterocycles. The molecule has 0 spiro atoms. The maximum absolute atomic E-state index is 12.4. The summed E-state index contributed by atoms with van der Waals surface area (Å²) in [6.45, 7) is 3.95. The minimum Gasteiger partial charge on any atom is -0.324 e. The van der Waals surface area contributed by atoms with Crippen molar-refractivity contribution in [1.29, 1.82) is 5.26 Å². The molecule has 0 aliphatic carbocycles. The molecular weight excluding hydrogens is 264 g/mol. The minimum atomic E-state index is -3.57. The summed E-state index contributed by atoms with van der Waals surface area (Å²) in [7, 11) is -3.57. The smallest absolute Gasteiger partial charge is 0.243 e. The molecule has 0 saturated carbocycles. The van der Waals surface area contributed by atoms with Crippen LogP contribution < -0.4 is 11.3 Å². The van der Waals surface area contributed by atoms with Gasteiger partial charge in [0.1, 0.15) is 0 Å². The van der Waals surface area contributed by atoms with Gasteiger partial charge in [-0.05, 0) is 31.2 Å². The van der Waals surface area contributed by atoms with E-state index in [0.717, 1.165) is 0 Å². The summed E-state index contributed by atoms with van der Waals surface area (Å²) in [6, 6.07) is 8.20. The molecule has 0 aromatic heterocycles. The number of sulfonamides is 1. The number of anilines is 1. The van der Waals surface area contributed by atoms with Gasteiger partial charge in [-0.1, -0.05) is 6.92 Å². The van der Waals surface area contributed by atoms with Crippen molar-refractivity contribution in [2.75, 3.05) is 18.5 Å². The Hall–Kier alpha value is -1.62. The van der Waals surface area contributed by atoms with E-state index in [-0.39, 0.29) is 17.4 Å². The Balaban J connectivity index is 3.03. The molecule has 0 aliphatic rings. The number of benzene rings is 1. The zero-order valence-corrected chi connectivity index (χ0v) is 11.8. The number of rotatable bonds is 6. The standard InChI is InChI=1S/C12H18N4O2S/c1-3-16(9-10(2)8-13)19(17,18)12-6-4-11(15-14)5-7-12/h4-7,10,15H,3,9,14H2,1-2H3. The van der Waals surface area contributed by atoms with Gasteiger partial charge in [-0.2, -0.15) is 9.57 Å². The van der Waals surface area contributed by atoms with Crippen molar-refractivity contribution < 1.29 is 8.42 Å². The molecule has 1 atom stereocenters. The molecule has 1 aromatic carbocycles. The Morgan fingerprint density at radius 3 is 2.42 bits per heavy atom. The van der Waals surface area contributed by atoms with Gasteiger partial charge in [-0.3, -0.25) is 5.84 Å². The quantitative estimate of drug-likeness (QED) is 0.602. The Bertz CT molecular complexity index is 548. The molecule has 3 N–H and O–H groups in total. The minimum absolute atomic E-state index is 0.187. The molecule has 0 amide bonds. The molecule has 19 heavy (non-hydrogen) atoms. The second kappa shape index (κ2) is 6.52. The molecule has 0 heterocycles. The van der Waals surface area contributed by atoms with Crippen LogP contribution in [0.3, 0.4) is 0 Å². The summed E-state index contributed by atoms with van der Waals surface area (Å²) in [5.74, 6) is 4.89. The van der Waals surface area contributed by atoms with Crippen molar-refractivity contribution in [2.45, 2.75) is 18.7 Å². The lowest BCUT2D eigenvalue weighted by Gasteiger charge is -2.21. The van der Waals surface area contributed by atoms with Gasteiger partial charge >= 0.3 is 0 Å². The monoisotopic (exact) mass is 282 g/mol. The van der Waals surface area contributed by atoms with Crippen LogP contribution in [0, 0.1) is 17.2 Å². The van der Waals surface area contributed by atoms with Gasteiger partial charge in [-0.25, -0.2) is 8.42 Å². The van der Waals surface area contributed by atoms with E-state index < -0.39 is 10.0 Å². The van der Waals surface area contributed by atoms with Crippen molar-refractivity contribution >= 4 is 15.7 Å². The summed E-state index contributed by atoms with van der Waals surface area (Å²) in [5.41, 5.74) is 3.07. The lowest BCUT2D eigenvalue weighted by Crippen LogP contribution is -2.34. The van der Waals surface area contributed by atoms with Crippen LogP contribution in [0.5, 0.6) is 0 Å². The highest BCUT2D eigenvalue weighted by Gasteiger charge is 2.24. The Kier molecular flexibility index (Phi) is 5.30. The number of nitrogens with one attached hydrogen (secondary N) is 1. The number of nitrogens with two attached hydrogens (primary N) is 1. The van der Waals surface area contributed by atoms with Crippen LogP contribution in [0.2, 0.25) is 0 Å². The first-order valence-corrected chi connectivity index (χ1v) is 7.36. The second-order valence-electron chi connectivity index (χ2n) is 4.15. The summed E-state index contributed by atoms with van der Waals surface area (Å²) in [5, 5.41) is 8.79. The predicted molar refractivity (Wildman–Crippen MR) is 73.5 cm³/mol. The van der Waals surface area contributed by atoms with Crippen molar-refractivity contribution in [1.82, 2.24) is 4.31 Å². The summed E-state index contributed by atoms with van der Waals surface area (Å²) in [6.07, 6.45) is 0. The van der Waals surface area contributed by atoms with Gasteiger partial charge in [-0.15, -0.1) is 0 Å². The van der Waals surface area contributed by atoms with Gasteiger partial charge in [0.25, 0.3) is 0 Å². The summed E-state index contributed by atoms with van der Waals surface area (Å²) < 4.78 is 26.1. The topological polar surface area (TPSA) is 99.2 Å². The zero-order chi connectivity index (χ0) is 14.5. The third kappa shape index (κ3) is 3.67. The fraction of sp³-hybridized carbons (Fsp3) is 0.417. The van der Waals surface area contributed by atoms with Crippen molar-refractivity contribution in [3.05, 3.63) is 24.3 Å². The third-order valence-corrected chi connectivity index (χ3v) is 4.66. The van der Waals surface area contributed by atoms with Gasteiger partial charge in [0.05, 0.1) is 16.9 Å². The third-order valence-electron chi connectivity index (χ3n) is 2.71. The van der Waals surface area contributed by atoms with E-state index in [2.05, 4.69) is 5.43 Å². The van der Waals surface area contributed by atoms with Crippen LogP contribution in [0.1, 0.15) is 13.8 Å². The number of hydrogen-bond donors (Lipinski definition) is 2. The Morgan fingerprint density at radius 2 is 2.00 bits per heavy atom. The number of hydrazine groups is 1. The molecular formula is C12H18N4O2S. The molecule has 0 radical (unpaired) electrons. The van der Waals surface area contributed by atoms with E-state index in [1.54, 1.807) is 26.0 Å². The van der Waals surface area contributed by atoms with Gasteiger partial charge < -0.3 is 5.43 Å². The molecule has 0 bridgehead atoms. The van der Waals surface area contributed by atoms with Crippen molar-refractivity contribution in [3.63, 3.8) is 0 Å². The maximum atomic E-state index is 12.4. The average Bonchev–Trinajstić information content (AvgIpc) is 2.44. The summed E-state index contributed by atoms with van der Waals surface area (Å²) in [4.78, 5) is 0.193. The van der Waals surface area contributed by atoms with Crippen LogP contribution >= 0.6 is 0 Å². The van der Waals surface area contributed by atoms with Crippen LogP contribution in [-0.2, 0) is 10.0 Å². The van der Waals surface area contributed by atoms with Crippen LogP contribution in [0.15, 0.2) is 29.2 Å². The molecule has 104 valence electrons. The Labute approximate surface area is 113 Å². The zero-order valence-electron chi connectivity index (χ0n) is 11.0. The lowest BCUT2D eigenvalue weighted by atomic mass is 10.2. The first kappa shape index (κ1) is 15.4. The number of hydrogen-bond acceptors (Lipinski definition) is 5. The summed E-state index contributed by atoms with van der Waals surface area (Å²) >= 11 is 0. The van der Waals surface area contributed by atoms with E-state index in [4.69, 9.17) is 11.1 Å². The molecule has 7 heteroatoms. The first-order valence-electron chi connectivity index (χ1n) is 5.92. The number of nitriles is 1. The van der Waals surface area contributed by atoms with E-state index >= 15 is 0 Å². The molecule has 1 unspecified atom stereocenters. The van der Waals surface area contributed by atoms with E-state index in [9.17, 15) is 8.42 Å². The lowest BCUT2D eigenvalue weighted by molar-refractivity contribution is 0.400. The molecule has 0 saturated heterocycles. The van der Waals surface area contributed by atoms with Crippen molar-refractivity contribution in [2.24, 2.45) is 11.8 Å². The SMILES string of the molecule is CCN(CC(C)C#N)S(=O)(=O)c1ccc(NN)cc1. The predicted octanol–water partition coefficient (Wildman–Crippen LogP) is 1.14. The fourth-order valence-electron chi connectivity index (χ4n) is 1.62. The van der Waals surface area contributed by atoms with Gasteiger partial charge in [0.15, 0.2) is 0 Å². The first-order chi connectivity index (χ1) is 8.95. The van der Waals surface area contributed by atoms with Crippen molar-refractivity contribution in [3.8, 4) is 6.07 Å². The molecule has 6 nitrogen and oxygen atoms in total. The average molecular weight is 282 g/mol. The van der Waals surface area contributed by atoms with Crippen LogP contribution in [0.25, 0.3) is 0 Å². The fourth-order valence-corrected chi connectivity index (χ4v) is 3.15. The van der Waals surface area contributed by atoms with E-state index in [1.165, 1.54) is 16.4 Å².